The highest BCUT2D eigenvalue weighted by atomic mass is 16.6. The molecule has 0 radical (unpaired) electrons. The van der Waals surface area contributed by atoms with Gasteiger partial charge in [0.1, 0.15) is 11.7 Å². The second-order valence-corrected chi connectivity index (χ2v) is 5.61. The van der Waals surface area contributed by atoms with Crippen molar-refractivity contribution in [2.45, 2.75) is 57.8 Å². The molecule has 0 saturated carbocycles. The molecular weight excluding hydrogens is 206 g/mol. The van der Waals surface area contributed by atoms with E-state index in [1.165, 1.54) is 6.42 Å². The van der Waals surface area contributed by atoms with Crippen molar-refractivity contribution in [1.29, 1.82) is 0 Å². The summed E-state index contributed by atoms with van der Waals surface area (Å²) in [6.07, 6.45) is 3.37. The molecule has 2 unspecified atom stereocenters. The van der Waals surface area contributed by atoms with Crippen LogP contribution in [0.3, 0.4) is 0 Å². The Morgan fingerprint density at radius 3 is 2.62 bits per heavy atom. The number of likely N-dealkylation sites (tertiary alicyclic amines) is 1. The van der Waals surface area contributed by atoms with Crippen LogP contribution in [0, 0.1) is 0 Å². The number of carbonyl (C=O) groups is 1. The molecule has 0 bridgehead atoms. The van der Waals surface area contributed by atoms with Gasteiger partial charge in [-0.25, -0.2) is 4.79 Å². The molecule has 2 rings (SSSR count). The maximum atomic E-state index is 12.0. The molecule has 0 spiro atoms. The third-order valence-electron chi connectivity index (χ3n) is 2.97. The summed E-state index contributed by atoms with van der Waals surface area (Å²) in [6, 6.07) is 0.239. The normalized spacial score (nSPS) is 30.1. The van der Waals surface area contributed by atoms with Crippen molar-refractivity contribution >= 4 is 6.09 Å². The van der Waals surface area contributed by atoms with Gasteiger partial charge < -0.3 is 14.4 Å². The summed E-state index contributed by atoms with van der Waals surface area (Å²) in [7, 11) is 0. The summed E-state index contributed by atoms with van der Waals surface area (Å²) in [5.41, 5.74) is -0.413. The zero-order valence-electron chi connectivity index (χ0n) is 10.4. The fourth-order valence-electron chi connectivity index (χ4n) is 2.17. The van der Waals surface area contributed by atoms with Crippen LogP contribution in [0.2, 0.25) is 0 Å². The van der Waals surface area contributed by atoms with E-state index in [1.807, 2.05) is 25.7 Å². The van der Waals surface area contributed by atoms with Crippen LogP contribution < -0.4 is 0 Å². The van der Waals surface area contributed by atoms with Gasteiger partial charge >= 0.3 is 6.09 Å². The van der Waals surface area contributed by atoms with E-state index < -0.39 is 5.60 Å². The Hall–Kier alpha value is -0.770. The first kappa shape index (κ1) is 11.7. The van der Waals surface area contributed by atoms with Gasteiger partial charge in [-0.15, -0.1) is 0 Å². The van der Waals surface area contributed by atoms with Crippen LogP contribution in [-0.2, 0) is 9.47 Å². The van der Waals surface area contributed by atoms with Crippen molar-refractivity contribution in [3.63, 3.8) is 0 Å². The first-order valence-electron chi connectivity index (χ1n) is 6.08. The molecule has 4 heteroatoms. The van der Waals surface area contributed by atoms with Crippen molar-refractivity contribution in [2.75, 3.05) is 13.2 Å². The molecule has 4 nitrogen and oxygen atoms in total. The SMILES string of the molecule is CC(C)(C)OC(=O)N1CCCCC1C1CO1. The smallest absolute Gasteiger partial charge is 0.410 e. The molecule has 2 saturated heterocycles. The Kier molecular flexibility index (Phi) is 3.10. The monoisotopic (exact) mass is 227 g/mol. The molecule has 92 valence electrons. The van der Waals surface area contributed by atoms with Crippen LogP contribution in [0.15, 0.2) is 0 Å². The van der Waals surface area contributed by atoms with Gasteiger partial charge in [0.05, 0.1) is 12.6 Å². The topological polar surface area (TPSA) is 42.1 Å². The largest absolute Gasteiger partial charge is 0.444 e. The van der Waals surface area contributed by atoms with Crippen LogP contribution in [0.5, 0.6) is 0 Å². The molecule has 16 heavy (non-hydrogen) atoms. The lowest BCUT2D eigenvalue weighted by atomic mass is 10.0. The predicted molar refractivity (Wildman–Crippen MR) is 60.3 cm³/mol. The number of piperidine rings is 1. The Bertz CT molecular complexity index is 268. The van der Waals surface area contributed by atoms with Crippen LogP contribution in [0.4, 0.5) is 4.79 Å². The van der Waals surface area contributed by atoms with Crippen molar-refractivity contribution in [3.05, 3.63) is 0 Å². The van der Waals surface area contributed by atoms with Crippen LogP contribution in [0.25, 0.3) is 0 Å². The van der Waals surface area contributed by atoms with Gasteiger partial charge in [0, 0.05) is 6.54 Å². The van der Waals surface area contributed by atoms with Gasteiger partial charge in [0.2, 0.25) is 0 Å². The number of rotatable bonds is 1. The minimum absolute atomic E-state index is 0.187. The predicted octanol–water partition coefficient (Wildman–Crippen LogP) is 2.17. The lowest BCUT2D eigenvalue weighted by Gasteiger charge is -2.36. The maximum absolute atomic E-state index is 12.0. The third kappa shape index (κ3) is 2.88. The van der Waals surface area contributed by atoms with E-state index >= 15 is 0 Å². The van der Waals surface area contributed by atoms with Crippen molar-refractivity contribution in [1.82, 2.24) is 4.90 Å². The van der Waals surface area contributed by atoms with Crippen molar-refractivity contribution in [2.24, 2.45) is 0 Å². The van der Waals surface area contributed by atoms with E-state index in [4.69, 9.17) is 9.47 Å². The van der Waals surface area contributed by atoms with Crippen LogP contribution >= 0.6 is 0 Å². The second-order valence-electron chi connectivity index (χ2n) is 5.61. The zero-order valence-corrected chi connectivity index (χ0v) is 10.4. The fraction of sp³-hybridized carbons (Fsp3) is 0.917. The minimum Gasteiger partial charge on any atom is -0.444 e. The van der Waals surface area contributed by atoms with Gasteiger partial charge in [0.15, 0.2) is 0 Å². The van der Waals surface area contributed by atoms with Gasteiger partial charge in [-0.1, -0.05) is 0 Å². The average Bonchev–Trinajstić information content (AvgIpc) is 2.98. The average molecular weight is 227 g/mol. The van der Waals surface area contributed by atoms with Crippen LogP contribution in [0.1, 0.15) is 40.0 Å². The number of epoxide rings is 1. The van der Waals surface area contributed by atoms with Gasteiger partial charge in [-0.05, 0) is 40.0 Å². The Morgan fingerprint density at radius 2 is 2.06 bits per heavy atom. The molecule has 2 atom stereocenters. The standard InChI is InChI=1S/C12H21NO3/c1-12(2,3)16-11(14)13-7-5-4-6-9(13)10-8-15-10/h9-10H,4-8H2,1-3H3. The minimum atomic E-state index is -0.413. The lowest BCUT2D eigenvalue weighted by molar-refractivity contribution is 0.00626. The Labute approximate surface area is 96.9 Å². The molecule has 0 aromatic heterocycles. The molecule has 1 amide bonds. The van der Waals surface area contributed by atoms with E-state index in [1.54, 1.807) is 0 Å². The molecule has 2 aliphatic heterocycles. The molecule has 0 aromatic carbocycles. The fourth-order valence-corrected chi connectivity index (χ4v) is 2.17. The molecule has 2 heterocycles. The summed E-state index contributed by atoms with van der Waals surface area (Å²) in [4.78, 5) is 13.9. The Balaban J connectivity index is 1.96. The molecule has 0 aliphatic carbocycles. The lowest BCUT2D eigenvalue weighted by Crippen LogP contribution is -2.48. The Morgan fingerprint density at radius 1 is 1.38 bits per heavy atom. The summed E-state index contributed by atoms with van der Waals surface area (Å²) >= 11 is 0. The summed E-state index contributed by atoms with van der Waals surface area (Å²) in [6.45, 7) is 7.30. The number of amides is 1. The summed E-state index contributed by atoms with van der Waals surface area (Å²) in [5, 5.41) is 0. The van der Waals surface area contributed by atoms with E-state index in [0.29, 0.717) is 0 Å². The number of carbonyl (C=O) groups excluding carboxylic acids is 1. The van der Waals surface area contributed by atoms with Gasteiger partial charge in [-0.3, -0.25) is 0 Å². The second kappa shape index (κ2) is 4.24. The number of hydrogen-bond acceptors (Lipinski definition) is 3. The summed E-state index contributed by atoms with van der Waals surface area (Å²) < 4.78 is 10.7. The molecule has 2 fully saturated rings. The third-order valence-corrected chi connectivity index (χ3v) is 2.97. The van der Waals surface area contributed by atoms with Gasteiger partial charge in [-0.2, -0.15) is 0 Å². The highest BCUT2D eigenvalue weighted by Gasteiger charge is 2.41. The summed E-state index contributed by atoms with van der Waals surface area (Å²) in [5.74, 6) is 0. The number of ether oxygens (including phenoxy) is 2. The number of hydrogen-bond donors (Lipinski definition) is 0. The molecular formula is C12H21NO3. The first-order valence-corrected chi connectivity index (χ1v) is 6.08. The maximum Gasteiger partial charge on any atom is 0.410 e. The molecule has 2 aliphatic rings. The van der Waals surface area contributed by atoms with Gasteiger partial charge in [0.25, 0.3) is 0 Å². The van der Waals surface area contributed by atoms with E-state index in [0.717, 1.165) is 26.0 Å². The van der Waals surface area contributed by atoms with Crippen LogP contribution in [-0.4, -0.2) is 41.9 Å². The highest BCUT2D eigenvalue weighted by molar-refractivity contribution is 5.68. The molecule has 0 N–H and O–H groups in total. The first-order chi connectivity index (χ1) is 7.47. The number of nitrogens with zero attached hydrogens (tertiary/aromatic N) is 1. The van der Waals surface area contributed by atoms with E-state index in [-0.39, 0.29) is 18.2 Å². The zero-order chi connectivity index (χ0) is 11.8. The van der Waals surface area contributed by atoms with Crippen molar-refractivity contribution < 1.29 is 14.3 Å². The van der Waals surface area contributed by atoms with E-state index in [9.17, 15) is 4.79 Å². The molecule has 0 aromatic rings. The quantitative estimate of drug-likeness (QED) is 0.645. The van der Waals surface area contributed by atoms with Crippen molar-refractivity contribution in [3.8, 4) is 0 Å². The highest BCUT2D eigenvalue weighted by Crippen LogP contribution is 2.28. The van der Waals surface area contributed by atoms with E-state index in [2.05, 4.69) is 0 Å².